The van der Waals surface area contributed by atoms with Crippen LogP contribution in [0.2, 0.25) is 5.28 Å². The van der Waals surface area contributed by atoms with E-state index in [9.17, 15) is 4.79 Å². The van der Waals surface area contributed by atoms with Crippen LogP contribution in [0.25, 0.3) is 0 Å². The Morgan fingerprint density at radius 2 is 2.14 bits per heavy atom. The second-order valence-electron chi connectivity index (χ2n) is 6.45. The molecule has 1 aliphatic heterocycles. The third-order valence-corrected chi connectivity index (χ3v) is 4.60. The molecule has 22 heavy (non-hydrogen) atoms. The summed E-state index contributed by atoms with van der Waals surface area (Å²) in [7, 11) is 0. The van der Waals surface area contributed by atoms with Crippen molar-refractivity contribution in [1.82, 2.24) is 15.3 Å². The quantitative estimate of drug-likeness (QED) is 0.823. The van der Waals surface area contributed by atoms with Gasteiger partial charge in [-0.1, -0.05) is 0 Å². The zero-order chi connectivity index (χ0) is 15.9. The van der Waals surface area contributed by atoms with Crippen LogP contribution in [0.5, 0.6) is 0 Å². The fraction of sp³-hybridized carbons (Fsp3) is 0.643. The van der Waals surface area contributed by atoms with Crippen LogP contribution in [0.15, 0.2) is 4.90 Å². The largest absolute Gasteiger partial charge is 0.444 e. The molecule has 2 N–H and O–H groups in total. The number of hydrogen-bond acceptors (Lipinski definition) is 6. The van der Waals surface area contributed by atoms with E-state index in [1.165, 1.54) is 0 Å². The average Bonchev–Trinajstić information content (AvgIpc) is 2.90. The van der Waals surface area contributed by atoms with Crippen molar-refractivity contribution < 1.29 is 9.53 Å². The van der Waals surface area contributed by atoms with Gasteiger partial charge in [-0.25, -0.2) is 9.78 Å². The van der Waals surface area contributed by atoms with E-state index in [0.29, 0.717) is 0 Å². The highest BCUT2D eigenvalue weighted by molar-refractivity contribution is 7.99. The number of amides is 1. The highest BCUT2D eigenvalue weighted by atomic mass is 35.5. The lowest BCUT2D eigenvalue weighted by Crippen LogP contribution is -2.35. The monoisotopic (exact) mass is 342 g/mol. The van der Waals surface area contributed by atoms with Crippen molar-refractivity contribution in [3.8, 4) is 0 Å². The van der Waals surface area contributed by atoms with Crippen molar-refractivity contribution >= 4 is 35.3 Å². The summed E-state index contributed by atoms with van der Waals surface area (Å²) in [5, 5.41) is 6.47. The van der Waals surface area contributed by atoms with Crippen molar-refractivity contribution in [3.05, 3.63) is 11.0 Å². The molecule has 6 nitrogen and oxygen atoms in total. The number of rotatable bonds is 3. The molecule has 8 heteroatoms. The maximum Gasteiger partial charge on any atom is 0.407 e. The molecule has 1 fully saturated rings. The summed E-state index contributed by atoms with van der Waals surface area (Å²) in [4.78, 5) is 21.3. The van der Waals surface area contributed by atoms with Crippen LogP contribution in [-0.4, -0.2) is 39.5 Å². The number of aromatic nitrogens is 2. The van der Waals surface area contributed by atoms with Gasteiger partial charge in [0.25, 0.3) is 0 Å². The fourth-order valence-corrected chi connectivity index (χ4v) is 3.53. The Hall–Kier alpha value is -1.21. The standard InChI is InChI=1S/C14H19ClN4O2S/c1-14(2,3)21-13(20)18-9-6-8(9)16-11-10-7(4-5-22-10)17-12(15)19-11/h8-9H,4-6H2,1-3H3,(H,18,20)(H,16,17,19)/t8-,9+/m0/s1. The number of hydrogen-bond donors (Lipinski definition) is 2. The minimum Gasteiger partial charge on any atom is -0.444 e. The molecule has 0 bridgehead atoms. The number of fused-ring (bicyclic) bond motifs is 1. The summed E-state index contributed by atoms with van der Waals surface area (Å²) in [6.45, 7) is 5.54. The van der Waals surface area contributed by atoms with Crippen LogP contribution >= 0.6 is 23.4 Å². The molecule has 120 valence electrons. The van der Waals surface area contributed by atoms with Crippen LogP contribution < -0.4 is 10.6 Å². The molecule has 1 aromatic rings. The molecule has 0 saturated heterocycles. The molecule has 2 aliphatic rings. The average molecular weight is 343 g/mol. The Labute approximate surface area is 138 Å². The summed E-state index contributed by atoms with van der Waals surface area (Å²) in [5.41, 5.74) is 0.518. The summed E-state index contributed by atoms with van der Waals surface area (Å²) in [5.74, 6) is 1.78. The number of carbonyl (C=O) groups excluding carboxylic acids is 1. The predicted molar refractivity (Wildman–Crippen MR) is 86.7 cm³/mol. The van der Waals surface area contributed by atoms with Gasteiger partial charge in [0.05, 0.1) is 22.7 Å². The lowest BCUT2D eigenvalue weighted by molar-refractivity contribution is 0.0523. The first-order valence-corrected chi connectivity index (χ1v) is 8.63. The first-order valence-electron chi connectivity index (χ1n) is 7.27. The highest BCUT2D eigenvalue weighted by Crippen LogP contribution is 2.38. The Kier molecular flexibility index (Phi) is 4.11. The van der Waals surface area contributed by atoms with Crippen molar-refractivity contribution in [3.63, 3.8) is 0 Å². The zero-order valence-corrected chi connectivity index (χ0v) is 14.3. The van der Waals surface area contributed by atoms with Crippen LogP contribution in [-0.2, 0) is 11.2 Å². The molecular formula is C14H19ClN4O2S. The number of carbonyl (C=O) groups is 1. The molecule has 1 aliphatic carbocycles. The molecule has 1 saturated carbocycles. The molecule has 0 spiro atoms. The van der Waals surface area contributed by atoms with Gasteiger partial charge in [0.15, 0.2) is 0 Å². The number of nitrogens with one attached hydrogen (secondary N) is 2. The fourth-order valence-electron chi connectivity index (χ4n) is 2.28. The minimum atomic E-state index is -0.487. The minimum absolute atomic E-state index is 0.0608. The molecule has 0 unspecified atom stereocenters. The van der Waals surface area contributed by atoms with Crippen LogP contribution in [0.3, 0.4) is 0 Å². The predicted octanol–water partition coefficient (Wildman–Crippen LogP) is 2.86. The van der Waals surface area contributed by atoms with Gasteiger partial charge in [-0.15, -0.1) is 11.8 Å². The van der Waals surface area contributed by atoms with Crippen molar-refractivity contribution in [1.29, 1.82) is 0 Å². The number of alkyl carbamates (subject to hydrolysis) is 1. The Morgan fingerprint density at radius 1 is 1.36 bits per heavy atom. The molecule has 0 aromatic carbocycles. The molecule has 0 radical (unpaired) electrons. The zero-order valence-electron chi connectivity index (χ0n) is 12.8. The van der Waals surface area contributed by atoms with Gasteiger partial charge >= 0.3 is 6.09 Å². The van der Waals surface area contributed by atoms with E-state index in [-0.39, 0.29) is 23.5 Å². The maximum atomic E-state index is 11.7. The topological polar surface area (TPSA) is 76.1 Å². The third-order valence-electron chi connectivity index (χ3n) is 3.31. The number of halogens is 1. The van der Waals surface area contributed by atoms with Crippen molar-refractivity contribution in [2.45, 2.75) is 56.2 Å². The maximum absolute atomic E-state index is 11.7. The lowest BCUT2D eigenvalue weighted by Gasteiger charge is -2.19. The number of nitrogens with zero attached hydrogens (tertiary/aromatic N) is 2. The van der Waals surface area contributed by atoms with E-state index in [0.717, 1.165) is 35.0 Å². The lowest BCUT2D eigenvalue weighted by atomic mass is 10.2. The first kappa shape index (κ1) is 15.7. The second-order valence-corrected chi connectivity index (χ2v) is 7.90. The first-order chi connectivity index (χ1) is 10.3. The molecule has 2 heterocycles. The van der Waals surface area contributed by atoms with Gasteiger partial charge < -0.3 is 15.4 Å². The molecular weight excluding hydrogens is 324 g/mol. The second kappa shape index (κ2) is 5.77. The van der Waals surface area contributed by atoms with Crippen LogP contribution in [0, 0.1) is 0 Å². The number of anilines is 1. The van der Waals surface area contributed by atoms with E-state index in [1.54, 1.807) is 11.8 Å². The Morgan fingerprint density at radius 3 is 2.86 bits per heavy atom. The van der Waals surface area contributed by atoms with E-state index in [2.05, 4.69) is 20.6 Å². The summed E-state index contributed by atoms with van der Waals surface area (Å²) in [6, 6.07) is 0.217. The molecule has 1 amide bonds. The van der Waals surface area contributed by atoms with E-state index in [4.69, 9.17) is 16.3 Å². The number of ether oxygens (including phenoxy) is 1. The summed E-state index contributed by atoms with van der Waals surface area (Å²) in [6.07, 6.45) is 1.38. The molecule has 3 rings (SSSR count). The molecule has 2 atom stereocenters. The van der Waals surface area contributed by atoms with Gasteiger partial charge in [0, 0.05) is 12.2 Å². The SMILES string of the molecule is CC(C)(C)OC(=O)N[C@@H]1C[C@@H]1Nc1nc(Cl)nc2c1SCC2. The van der Waals surface area contributed by atoms with Gasteiger partial charge in [0.1, 0.15) is 11.4 Å². The Bertz CT molecular complexity index is 605. The number of thioether (sulfide) groups is 1. The smallest absolute Gasteiger partial charge is 0.407 e. The van der Waals surface area contributed by atoms with Crippen LogP contribution in [0.4, 0.5) is 10.6 Å². The van der Waals surface area contributed by atoms with Crippen molar-refractivity contribution in [2.24, 2.45) is 0 Å². The van der Waals surface area contributed by atoms with Gasteiger partial charge in [-0.05, 0) is 38.8 Å². The molecule has 1 aromatic heterocycles. The third kappa shape index (κ3) is 3.76. The normalized spacial score (nSPS) is 22.9. The number of aryl methyl sites for hydroxylation is 1. The van der Waals surface area contributed by atoms with E-state index < -0.39 is 5.60 Å². The summed E-state index contributed by atoms with van der Waals surface area (Å²) < 4.78 is 5.25. The van der Waals surface area contributed by atoms with Crippen molar-refractivity contribution in [2.75, 3.05) is 11.1 Å². The van der Waals surface area contributed by atoms with E-state index >= 15 is 0 Å². The van der Waals surface area contributed by atoms with E-state index in [1.807, 2.05) is 20.8 Å². The highest BCUT2D eigenvalue weighted by Gasteiger charge is 2.40. The van der Waals surface area contributed by atoms with Gasteiger partial charge in [0.2, 0.25) is 5.28 Å². The Balaban J connectivity index is 1.57. The van der Waals surface area contributed by atoms with Gasteiger partial charge in [-0.3, -0.25) is 0 Å². The van der Waals surface area contributed by atoms with Gasteiger partial charge in [-0.2, -0.15) is 4.98 Å². The summed E-state index contributed by atoms with van der Waals surface area (Å²) >= 11 is 7.70. The van der Waals surface area contributed by atoms with Crippen LogP contribution in [0.1, 0.15) is 32.9 Å².